The number of esters is 1. The Labute approximate surface area is 197 Å². The number of hydrogen-bond donors (Lipinski definition) is 1. The number of aromatic nitrogens is 4. The molecule has 34 heavy (non-hydrogen) atoms. The molecule has 0 spiro atoms. The van der Waals surface area contributed by atoms with E-state index in [-0.39, 0.29) is 19.6 Å². The molecule has 0 saturated carbocycles. The van der Waals surface area contributed by atoms with Crippen molar-refractivity contribution in [2.24, 2.45) is 0 Å². The van der Waals surface area contributed by atoms with Gasteiger partial charge in [-0.25, -0.2) is 9.48 Å². The number of carbonyl (C=O) groups excluding carboxylic acids is 3. The maximum absolute atomic E-state index is 13.1. The summed E-state index contributed by atoms with van der Waals surface area (Å²) in [4.78, 5) is 37.9. The predicted molar refractivity (Wildman–Crippen MR) is 122 cm³/mol. The lowest BCUT2D eigenvalue weighted by molar-refractivity contribution is -0.156. The minimum atomic E-state index is -1.19. The second kappa shape index (κ2) is 11.2. The molecule has 3 aromatic rings. The fourth-order valence-corrected chi connectivity index (χ4v) is 3.07. The summed E-state index contributed by atoms with van der Waals surface area (Å²) in [7, 11) is 0. The normalized spacial score (nSPS) is 12.0. The van der Waals surface area contributed by atoms with Gasteiger partial charge in [0.05, 0.1) is 6.42 Å². The Bertz CT molecular complexity index is 1110. The summed E-state index contributed by atoms with van der Waals surface area (Å²) >= 11 is 0. The van der Waals surface area contributed by atoms with Crippen molar-refractivity contribution >= 4 is 17.8 Å². The van der Waals surface area contributed by atoms with Gasteiger partial charge in [0.25, 0.3) is 0 Å². The standard InChI is InChI=1S/C24H27N5O5/c1-24(2,3)34-21(31)14-19(25-23(32)33-16-17-10-6-4-7-11-17)20(30)15-29-22(26-27-28-29)18-12-8-5-9-13-18/h4-13,19H,14-16H2,1-3H3,(H,25,32). The average molecular weight is 466 g/mol. The maximum atomic E-state index is 13.1. The topological polar surface area (TPSA) is 125 Å². The molecule has 1 unspecified atom stereocenters. The van der Waals surface area contributed by atoms with E-state index in [0.29, 0.717) is 5.82 Å². The first-order valence-electron chi connectivity index (χ1n) is 10.7. The third kappa shape index (κ3) is 7.51. The number of alkyl carbamates (subject to hydrolysis) is 1. The zero-order valence-corrected chi connectivity index (χ0v) is 19.3. The highest BCUT2D eigenvalue weighted by molar-refractivity contribution is 5.91. The van der Waals surface area contributed by atoms with Crippen molar-refractivity contribution in [3.63, 3.8) is 0 Å². The lowest BCUT2D eigenvalue weighted by Gasteiger charge is -2.22. The van der Waals surface area contributed by atoms with Gasteiger partial charge in [-0.2, -0.15) is 0 Å². The molecule has 178 valence electrons. The van der Waals surface area contributed by atoms with Crippen LogP contribution in [0.3, 0.4) is 0 Å². The van der Waals surface area contributed by atoms with Gasteiger partial charge >= 0.3 is 12.1 Å². The Morgan fingerprint density at radius 3 is 2.29 bits per heavy atom. The molecular formula is C24H27N5O5. The number of benzene rings is 2. The van der Waals surface area contributed by atoms with Gasteiger partial charge in [-0.15, -0.1) is 5.10 Å². The Morgan fingerprint density at radius 2 is 1.65 bits per heavy atom. The van der Waals surface area contributed by atoms with Gasteiger partial charge < -0.3 is 14.8 Å². The van der Waals surface area contributed by atoms with Gasteiger partial charge in [0.1, 0.15) is 24.8 Å². The van der Waals surface area contributed by atoms with Gasteiger partial charge in [-0.3, -0.25) is 9.59 Å². The second-order valence-electron chi connectivity index (χ2n) is 8.54. The Kier molecular flexibility index (Phi) is 8.07. The first-order chi connectivity index (χ1) is 16.2. The summed E-state index contributed by atoms with van der Waals surface area (Å²) in [5, 5.41) is 14.0. The molecule has 2 aromatic carbocycles. The Morgan fingerprint density at radius 1 is 1.00 bits per heavy atom. The van der Waals surface area contributed by atoms with Gasteiger partial charge in [0, 0.05) is 5.56 Å². The molecule has 1 heterocycles. The number of hydrogen-bond acceptors (Lipinski definition) is 8. The number of Topliss-reactive ketones (excluding diaryl/α,β-unsaturated/α-hetero) is 1. The number of ketones is 1. The molecule has 1 N–H and O–H groups in total. The van der Waals surface area contributed by atoms with Gasteiger partial charge in [-0.05, 0) is 36.8 Å². The number of nitrogens with one attached hydrogen (secondary N) is 1. The Balaban J connectivity index is 1.71. The van der Waals surface area contributed by atoms with E-state index < -0.39 is 29.5 Å². The third-order valence-electron chi connectivity index (χ3n) is 4.55. The number of rotatable bonds is 9. The molecular weight excluding hydrogens is 438 g/mol. The highest BCUT2D eigenvalue weighted by atomic mass is 16.6. The van der Waals surface area contributed by atoms with Crippen molar-refractivity contribution in [3.8, 4) is 11.4 Å². The highest BCUT2D eigenvalue weighted by Gasteiger charge is 2.28. The molecule has 1 amide bonds. The molecule has 10 heteroatoms. The van der Waals surface area contributed by atoms with Crippen LogP contribution >= 0.6 is 0 Å². The van der Waals surface area contributed by atoms with Crippen molar-refractivity contribution < 1.29 is 23.9 Å². The number of ether oxygens (including phenoxy) is 2. The van der Waals surface area contributed by atoms with Crippen LogP contribution in [0.4, 0.5) is 4.79 Å². The highest BCUT2D eigenvalue weighted by Crippen LogP contribution is 2.15. The summed E-state index contributed by atoms with van der Waals surface area (Å²) in [6.45, 7) is 4.92. The number of carbonyl (C=O) groups is 3. The summed E-state index contributed by atoms with van der Waals surface area (Å²) < 4.78 is 11.9. The molecule has 0 radical (unpaired) electrons. The van der Waals surface area contributed by atoms with E-state index in [1.807, 2.05) is 48.5 Å². The first-order valence-corrected chi connectivity index (χ1v) is 10.7. The van der Waals surface area contributed by atoms with Crippen LogP contribution in [0.1, 0.15) is 32.8 Å². The second-order valence-corrected chi connectivity index (χ2v) is 8.54. The van der Waals surface area contributed by atoms with E-state index in [1.165, 1.54) is 4.68 Å². The van der Waals surface area contributed by atoms with Crippen LogP contribution in [-0.2, 0) is 32.2 Å². The predicted octanol–water partition coefficient (Wildman–Crippen LogP) is 2.94. The molecule has 0 aliphatic carbocycles. The first kappa shape index (κ1) is 24.6. The van der Waals surface area contributed by atoms with Crippen molar-refractivity contribution in [1.82, 2.24) is 25.5 Å². The molecule has 10 nitrogen and oxygen atoms in total. The molecule has 0 aliphatic rings. The quantitative estimate of drug-likeness (QED) is 0.478. The number of amides is 1. The monoisotopic (exact) mass is 465 g/mol. The summed E-state index contributed by atoms with van der Waals surface area (Å²) in [6, 6.07) is 17.0. The zero-order valence-electron chi connectivity index (χ0n) is 19.3. The SMILES string of the molecule is CC(C)(C)OC(=O)CC(NC(=O)OCc1ccccc1)C(=O)Cn1nnnc1-c1ccccc1. The van der Waals surface area contributed by atoms with Crippen LogP contribution in [0, 0.1) is 0 Å². The zero-order chi connectivity index (χ0) is 24.6. The van der Waals surface area contributed by atoms with Crippen molar-refractivity contribution in [3.05, 3.63) is 66.2 Å². The molecule has 1 atom stereocenters. The van der Waals surface area contributed by atoms with Crippen LogP contribution in [0.5, 0.6) is 0 Å². The lowest BCUT2D eigenvalue weighted by Crippen LogP contribution is -2.45. The average Bonchev–Trinajstić information content (AvgIpc) is 3.25. The van der Waals surface area contributed by atoms with Crippen LogP contribution in [0.25, 0.3) is 11.4 Å². The fraction of sp³-hybridized carbons (Fsp3) is 0.333. The van der Waals surface area contributed by atoms with E-state index in [9.17, 15) is 14.4 Å². The molecule has 1 aromatic heterocycles. The van der Waals surface area contributed by atoms with Crippen molar-refractivity contribution in [2.75, 3.05) is 0 Å². The molecule has 3 rings (SSSR count). The molecule has 0 aliphatic heterocycles. The van der Waals surface area contributed by atoms with E-state index in [2.05, 4.69) is 20.8 Å². The van der Waals surface area contributed by atoms with E-state index in [0.717, 1.165) is 11.1 Å². The fourth-order valence-electron chi connectivity index (χ4n) is 3.07. The largest absolute Gasteiger partial charge is 0.460 e. The Hall–Kier alpha value is -4.08. The third-order valence-corrected chi connectivity index (χ3v) is 4.55. The summed E-state index contributed by atoms with van der Waals surface area (Å²) in [5.41, 5.74) is 0.766. The molecule has 0 fully saturated rings. The number of tetrazole rings is 1. The van der Waals surface area contributed by atoms with Crippen molar-refractivity contribution in [1.29, 1.82) is 0 Å². The number of nitrogens with zero attached hydrogens (tertiary/aromatic N) is 4. The van der Waals surface area contributed by atoms with E-state index in [4.69, 9.17) is 9.47 Å². The van der Waals surface area contributed by atoms with Crippen LogP contribution in [0.2, 0.25) is 0 Å². The van der Waals surface area contributed by atoms with Gasteiger partial charge in [-0.1, -0.05) is 60.7 Å². The maximum Gasteiger partial charge on any atom is 0.408 e. The van der Waals surface area contributed by atoms with Crippen molar-refractivity contribution in [2.45, 2.75) is 52.0 Å². The van der Waals surface area contributed by atoms with Gasteiger partial charge in [0.15, 0.2) is 11.6 Å². The molecule has 0 bridgehead atoms. The van der Waals surface area contributed by atoms with Gasteiger partial charge in [0.2, 0.25) is 0 Å². The minimum absolute atomic E-state index is 0.0190. The summed E-state index contributed by atoms with van der Waals surface area (Å²) in [6.07, 6.45) is -1.19. The van der Waals surface area contributed by atoms with Crippen LogP contribution in [0.15, 0.2) is 60.7 Å². The smallest absolute Gasteiger partial charge is 0.408 e. The minimum Gasteiger partial charge on any atom is -0.460 e. The van der Waals surface area contributed by atoms with E-state index >= 15 is 0 Å². The lowest BCUT2D eigenvalue weighted by atomic mass is 10.1. The van der Waals surface area contributed by atoms with Crippen LogP contribution < -0.4 is 5.32 Å². The summed E-state index contributed by atoms with van der Waals surface area (Å²) in [5.74, 6) is -0.724. The molecule has 0 saturated heterocycles. The van der Waals surface area contributed by atoms with E-state index in [1.54, 1.807) is 32.9 Å². The van der Waals surface area contributed by atoms with Crippen LogP contribution in [-0.4, -0.2) is 49.7 Å².